The molecule has 126 valence electrons. The number of alkyl carbamates (subject to hydrolysis) is 1. The Bertz CT molecular complexity index is 543. The lowest BCUT2D eigenvalue weighted by atomic mass is 9.50. The van der Waals surface area contributed by atoms with Crippen molar-refractivity contribution in [3.8, 4) is 0 Å². The minimum atomic E-state index is -0.849. The second-order valence-electron chi connectivity index (χ2n) is 6.56. The number of benzene rings is 1. The van der Waals surface area contributed by atoms with E-state index < -0.39 is 17.5 Å². The van der Waals surface area contributed by atoms with Gasteiger partial charge in [0.15, 0.2) is 0 Å². The maximum absolute atomic E-state index is 11.8. The van der Waals surface area contributed by atoms with Crippen LogP contribution in [-0.2, 0) is 16.1 Å². The number of rotatable bonds is 7. The molecule has 2 rings (SSSR count). The molecule has 0 heterocycles. The van der Waals surface area contributed by atoms with Crippen molar-refractivity contribution >= 4 is 12.1 Å². The third-order valence-corrected chi connectivity index (χ3v) is 5.16. The Morgan fingerprint density at radius 3 is 2.30 bits per heavy atom. The maximum atomic E-state index is 11.8. The smallest absolute Gasteiger partial charge is 0.407 e. The zero-order chi connectivity index (χ0) is 16.9. The number of carbonyl (C=O) groups is 2. The van der Waals surface area contributed by atoms with Crippen molar-refractivity contribution in [3.63, 3.8) is 0 Å². The first-order chi connectivity index (χ1) is 11.0. The highest BCUT2D eigenvalue weighted by atomic mass is 16.5. The molecule has 5 heteroatoms. The summed E-state index contributed by atoms with van der Waals surface area (Å²) < 4.78 is 5.13. The van der Waals surface area contributed by atoms with Crippen LogP contribution >= 0.6 is 0 Å². The molecule has 1 aliphatic rings. The van der Waals surface area contributed by atoms with Crippen LogP contribution in [0.3, 0.4) is 0 Å². The van der Waals surface area contributed by atoms with E-state index in [1.807, 2.05) is 30.3 Å². The van der Waals surface area contributed by atoms with Crippen LogP contribution in [0, 0.1) is 10.8 Å². The highest BCUT2D eigenvalue weighted by molar-refractivity contribution is 5.78. The first-order valence-electron chi connectivity index (χ1n) is 8.13. The average molecular weight is 319 g/mol. The Hall–Kier alpha value is -2.04. The van der Waals surface area contributed by atoms with Crippen LogP contribution in [0.15, 0.2) is 30.3 Å². The van der Waals surface area contributed by atoms with Crippen LogP contribution in [0.4, 0.5) is 4.79 Å². The second kappa shape index (κ2) is 7.02. The summed E-state index contributed by atoms with van der Waals surface area (Å²) in [5.74, 6) is -0.835. The zero-order valence-corrected chi connectivity index (χ0v) is 13.8. The molecule has 1 saturated carbocycles. The molecule has 1 aliphatic carbocycles. The maximum Gasteiger partial charge on any atom is 0.407 e. The summed E-state index contributed by atoms with van der Waals surface area (Å²) in [5.41, 5.74) is 0.154. The third kappa shape index (κ3) is 3.84. The van der Waals surface area contributed by atoms with Crippen molar-refractivity contribution in [3.05, 3.63) is 35.9 Å². The fourth-order valence-electron chi connectivity index (χ4n) is 3.50. The lowest BCUT2D eigenvalue weighted by Crippen LogP contribution is -2.56. The Morgan fingerprint density at radius 1 is 1.17 bits per heavy atom. The van der Waals surface area contributed by atoms with Gasteiger partial charge in [0, 0.05) is 6.54 Å². The van der Waals surface area contributed by atoms with Gasteiger partial charge in [-0.2, -0.15) is 0 Å². The van der Waals surface area contributed by atoms with Crippen LogP contribution in [0.5, 0.6) is 0 Å². The number of carboxylic acids is 1. The second-order valence-corrected chi connectivity index (χ2v) is 6.56. The minimum Gasteiger partial charge on any atom is -0.481 e. The highest BCUT2D eigenvalue weighted by Crippen LogP contribution is 2.58. The number of hydrogen-bond acceptors (Lipinski definition) is 3. The number of ether oxygens (including phenoxy) is 1. The normalized spacial score (nSPS) is 17.8. The predicted octanol–water partition coefficient (Wildman–Crippen LogP) is 3.58. The van der Waals surface area contributed by atoms with Gasteiger partial charge in [0.05, 0.1) is 5.41 Å². The number of nitrogens with one attached hydrogen (secondary N) is 1. The summed E-state index contributed by atoms with van der Waals surface area (Å²) in [4.78, 5) is 23.4. The summed E-state index contributed by atoms with van der Waals surface area (Å²) in [5, 5.41) is 12.2. The fraction of sp³-hybridized carbons (Fsp3) is 0.556. The van der Waals surface area contributed by atoms with E-state index in [2.05, 4.69) is 19.2 Å². The molecule has 0 bridgehead atoms. The van der Waals surface area contributed by atoms with E-state index in [1.54, 1.807) is 0 Å². The molecular formula is C18H25NO4. The van der Waals surface area contributed by atoms with Gasteiger partial charge in [-0.15, -0.1) is 0 Å². The molecule has 2 N–H and O–H groups in total. The van der Waals surface area contributed by atoms with Gasteiger partial charge in [0.2, 0.25) is 0 Å². The Labute approximate surface area is 137 Å². The van der Waals surface area contributed by atoms with Gasteiger partial charge in [0.25, 0.3) is 0 Å². The van der Waals surface area contributed by atoms with Crippen LogP contribution < -0.4 is 5.32 Å². The van der Waals surface area contributed by atoms with Gasteiger partial charge in [-0.3, -0.25) is 4.79 Å². The van der Waals surface area contributed by atoms with Crippen molar-refractivity contribution < 1.29 is 19.4 Å². The number of carbonyl (C=O) groups excluding carboxylic acids is 1. The largest absolute Gasteiger partial charge is 0.481 e. The average Bonchev–Trinajstić information content (AvgIpc) is 2.53. The number of aliphatic carboxylic acids is 1. The molecule has 1 fully saturated rings. The monoisotopic (exact) mass is 319 g/mol. The lowest BCUT2D eigenvalue weighted by Gasteiger charge is -2.53. The fourth-order valence-corrected chi connectivity index (χ4v) is 3.50. The first kappa shape index (κ1) is 17.3. The molecule has 0 saturated heterocycles. The first-order valence-corrected chi connectivity index (χ1v) is 8.13. The van der Waals surface area contributed by atoms with Crippen LogP contribution in [0.2, 0.25) is 0 Å². The van der Waals surface area contributed by atoms with E-state index in [1.165, 1.54) is 0 Å². The van der Waals surface area contributed by atoms with E-state index in [4.69, 9.17) is 4.74 Å². The topological polar surface area (TPSA) is 75.6 Å². The van der Waals surface area contributed by atoms with E-state index in [0.29, 0.717) is 12.8 Å². The molecule has 0 aliphatic heterocycles. The number of hydrogen-bond donors (Lipinski definition) is 2. The van der Waals surface area contributed by atoms with Crippen LogP contribution in [0.25, 0.3) is 0 Å². The van der Waals surface area contributed by atoms with E-state index in [9.17, 15) is 14.7 Å². The van der Waals surface area contributed by atoms with Gasteiger partial charge < -0.3 is 15.2 Å². The molecule has 0 spiro atoms. The van der Waals surface area contributed by atoms with Gasteiger partial charge in [-0.1, -0.05) is 57.0 Å². The molecule has 23 heavy (non-hydrogen) atoms. The molecule has 1 aromatic carbocycles. The standard InChI is InChI=1S/C18H25NO4/c1-3-17(4-2)11-18(12-17,15(20)21)13-19-16(22)23-10-14-8-6-5-7-9-14/h5-9H,3-4,10-13H2,1-2H3,(H,19,22)(H,20,21). The van der Waals surface area contributed by atoms with Crippen molar-refractivity contribution in [2.45, 2.75) is 46.1 Å². The summed E-state index contributed by atoms with van der Waals surface area (Å²) in [6.45, 7) is 4.49. The molecule has 0 aromatic heterocycles. The molecule has 1 aromatic rings. The van der Waals surface area contributed by atoms with Gasteiger partial charge in [0.1, 0.15) is 6.61 Å². The van der Waals surface area contributed by atoms with Crippen molar-refractivity contribution in [2.75, 3.05) is 6.54 Å². The Balaban J connectivity index is 1.83. The highest BCUT2D eigenvalue weighted by Gasteiger charge is 2.57. The van der Waals surface area contributed by atoms with Gasteiger partial charge in [-0.25, -0.2) is 4.79 Å². The Kier molecular flexibility index (Phi) is 5.29. The van der Waals surface area contributed by atoms with E-state index >= 15 is 0 Å². The summed E-state index contributed by atoms with van der Waals surface area (Å²) in [7, 11) is 0. The van der Waals surface area contributed by atoms with Gasteiger partial charge in [-0.05, 0) is 23.8 Å². The quantitative estimate of drug-likeness (QED) is 0.805. The van der Waals surface area contributed by atoms with Crippen molar-refractivity contribution in [1.29, 1.82) is 0 Å². The number of carboxylic acid groups (broad SMARTS) is 1. The Morgan fingerprint density at radius 2 is 1.78 bits per heavy atom. The SMILES string of the molecule is CCC1(CC)CC(CNC(=O)OCc2ccccc2)(C(=O)O)C1. The molecule has 1 amide bonds. The predicted molar refractivity (Wildman–Crippen MR) is 86.9 cm³/mol. The lowest BCUT2D eigenvalue weighted by molar-refractivity contribution is -0.166. The minimum absolute atomic E-state index is 0.105. The molecule has 0 unspecified atom stereocenters. The molecule has 5 nitrogen and oxygen atoms in total. The van der Waals surface area contributed by atoms with Gasteiger partial charge >= 0.3 is 12.1 Å². The summed E-state index contributed by atoms with van der Waals surface area (Å²) in [6, 6.07) is 9.38. The summed E-state index contributed by atoms with van der Waals surface area (Å²) >= 11 is 0. The molecule has 0 atom stereocenters. The van der Waals surface area contributed by atoms with Crippen LogP contribution in [0.1, 0.15) is 45.1 Å². The molecular weight excluding hydrogens is 294 g/mol. The number of amides is 1. The van der Waals surface area contributed by atoms with E-state index in [0.717, 1.165) is 18.4 Å². The summed E-state index contributed by atoms with van der Waals surface area (Å²) in [6.07, 6.45) is 2.59. The van der Waals surface area contributed by atoms with Crippen molar-refractivity contribution in [1.82, 2.24) is 5.32 Å². The zero-order valence-electron chi connectivity index (χ0n) is 13.8. The van der Waals surface area contributed by atoms with Crippen LogP contribution in [-0.4, -0.2) is 23.7 Å². The van der Waals surface area contributed by atoms with Crippen molar-refractivity contribution in [2.24, 2.45) is 10.8 Å². The third-order valence-electron chi connectivity index (χ3n) is 5.16. The van der Waals surface area contributed by atoms with E-state index in [-0.39, 0.29) is 18.6 Å². The molecule has 0 radical (unpaired) electrons.